The second kappa shape index (κ2) is 9.76. The molecule has 0 radical (unpaired) electrons. The van der Waals surface area contributed by atoms with Crippen molar-refractivity contribution in [2.24, 2.45) is 0 Å². The summed E-state index contributed by atoms with van der Waals surface area (Å²) in [5, 5.41) is 5.97. The van der Waals surface area contributed by atoms with Crippen molar-refractivity contribution in [1.82, 2.24) is 10.8 Å². The molecule has 1 heterocycles. The van der Waals surface area contributed by atoms with Crippen molar-refractivity contribution in [2.75, 3.05) is 5.32 Å². The number of carbonyl (C=O) groups excluding carboxylic acids is 1. The van der Waals surface area contributed by atoms with E-state index in [0.29, 0.717) is 6.42 Å². The van der Waals surface area contributed by atoms with Crippen molar-refractivity contribution in [1.29, 1.82) is 0 Å². The Morgan fingerprint density at radius 1 is 0.867 bits per heavy atom. The predicted molar refractivity (Wildman–Crippen MR) is 119 cm³/mol. The number of hydroxylamine groups is 1. The molecule has 2 atom stereocenters. The zero-order valence-electron chi connectivity index (χ0n) is 16.6. The van der Waals surface area contributed by atoms with Crippen molar-refractivity contribution in [3.63, 3.8) is 0 Å². The van der Waals surface area contributed by atoms with Crippen molar-refractivity contribution in [2.45, 2.75) is 25.0 Å². The monoisotopic (exact) mass is 399 g/mol. The van der Waals surface area contributed by atoms with E-state index in [0.717, 1.165) is 23.4 Å². The summed E-state index contributed by atoms with van der Waals surface area (Å²) in [6.07, 6.45) is 3.20. The van der Waals surface area contributed by atoms with E-state index >= 15 is 0 Å². The van der Waals surface area contributed by atoms with E-state index in [1.807, 2.05) is 66.7 Å². The van der Waals surface area contributed by atoms with Crippen molar-refractivity contribution in [3.8, 4) is 0 Å². The Hall–Kier alpha value is -3.57. The van der Waals surface area contributed by atoms with E-state index < -0.39 is 0 Å². The van der Waals surface area contributed by atoms with Gasteiger partial charge in [0.05, 0.1) is 6.04 Å². The Bertz CT molecular complexity index is 975. The summed E-state index contributed by atoms with van der Waals surface area (Å²) >= 11 is 0. The van der Waals surface area contributed by atoms with Crippen LogP contribution < -0.4 is 16.1 Å². The lowest BCUT2D eigenvalue weighted by atomic mass is 10.00. The van der Waals surface area contributed by atoms with Gasteiger partial charge in [-0.15, -0.1) is 0 Å². The van der Waals surface area contributed by atoms with Crippen LogP contribution in [0.5, 0.6) is 0 Å². The van der Waals surface area contributed by atoms with Crippen molar-refractivity contribution >= 4 is 11.7 Å². The molecule has 5 nitrogen and oxygen atoms in total. The number of carbonyl (C=O) groups is 1. The number of nitrogens with one attached hydrogen (secondary N) is 3. The zero-order chi connectivity index (χ0) is 20.6. The minimum atomic E-state index is -0.273. The first-order valence-electron chi connectivity index (χ1n) is 10.1. The van der Waals surface area contributed by atoms with Crippen LogP contribution in [-0.2, 0) is 17.7 Å². The number of hydrogen-bond acceptors (Lipinski definition) is 3. The van der Waals surface area contributed by atoms with Crippen molar-refractivity contribution in [3.05, 3.63) is 114 Å². The number of hydrogen-bond donors (Lipinski definition) is 3. The Morgan fingerprint density at radius 3 is 2.13 bits per heavy atom. The summed E-state index contributed by atoms with van der Waals surface area (Å²) in [5.74, 6) is 0. The van der Waals surface area contributed by atoms with Crippen LogP contribution in [0.2, 0.25) is 0 Å². The molecule has 0 aromatic heterocycles. The van der Waals surface area contributed by atoms with Crippen LogP contribution in [0.1, 0.15) is 11.1 Å². The van der Waals surface area contributed by atoms with Crippen molar-refractivity contribution < 1.29 is 9.63 Å². The van der Waals surface area contributed by atoms with Gasteiger partial charge in [0.1, 0.15) is 6.10 Å². The molecule has 1 aliphatic heterocycles. The predicted octanol–water partition coefficient (Wildman–Crippen LogP) is 4.45. The molecule has 0 spiro atoms. The highest BCUT2D eigenvalue weighted by molar-refractivity contribution is 5.89. The van der Waals surface area contributed by atoms with Crippen LogP contribution in [0.3, 0.4) is 0 Å². The lowest BCUT2D eigenvalue weighted by Crippen LogP contribution is -2.46. The zero-order valence-corrected chi connectivity index (χ0v) is 16.6. The molecule has 0 fully saturated rings. The molecule has 3 aromatic carbocycles. The smallest absolute Gasteiger partial charge is 0.319 e. The van der Waals surface area contributed by atoms with E-state index in [1.165, 1.54) is 5.56 Å². The van der Waals surface area contributed by atoms with Gasteiger partial charge in [-0.1, -0.05) is 78.9 Å². The molecule has 5 heteroatoms. The second-order valence-corrected chi connectivity index (χ2v) is 7.30. The van der Waals surface area contributed by atoms with Gasteiger partial charge in [-0.25, -0.2) is 4.79 Å². The molecule has 0 bridgehead atoms. The number of amides is 2. The maximum atomic E-state index is 12.6. The van der Waals surface area contributed by atoms with Crippen LogP contribution in [0.4, 0.5) is 10.5 Å². The molecule has 2 unspecified atom stereocenters. The Labute approximate surface area is 176 Å². The number of urea groups is 1. The SMILES string of the molecule is O=C(Nc1ccccc1)NC(Cc1ccccc1)C1C=C(Cc2ccccc2)NO1. The van der Waals surface area contributed by atoms with Gasteiger partial charge in [-0.05, 0) is 35.8 Å². The average molecular weight is 399 g/mol. The van der Waals surface area contributed by atoms with Crippen LogP contribution in [-0.4, -0.2) is 18.2 Å². The Morgan fingerprint density at radius 2 is 1.47 bits per heavy atom. The molecular formula is C25H25N3O2. The number of allylic oxidation sites excluding steroid dienone is 1. The highest BCUT2D eigenvalue weighted by atomic mass is 16.7. The Balaban J connectivity index is 1.46. The van der Waals surface area contributed by atoms with Gasteiger partial charge >= 0.3 is 6.03 Å². The fourth-order valence-corrected chi connectivity index (χ4v) is 3.49. The van der Waals surface area contributed by atoms with Crippen LogP contribution in [0.25, 0.3) is 0 Å². The number of benzene rings is 3. The fraction of sp³-hybridized carbons (Fsp3) is 0.160. The second-order valence-electron chi connectivity index (χ2n) is 7.30. The minimum absolute atomic E-state index is 0.225. The molecule has 1 aliphatic rings. The van der Waals surface area contributed by atoms with Gasteiger partial charge in [0.25, 0.3) is 0 Å². The number of anilines is 1. The summed E-state index contributed by atoms with van der Waals surface area (Å²) < 4.78 is 0. The van der Waals surface area contributed by atoms with Gasteiger partial charge in [0, 0.05) is 17.8 Å². The number of rotatable bonds is 7. The standard InChI is InChI=1S/C25H25N3O2/c29-25(26-21-14-8-3-9-15-21)27-23(17-20-12-6-2-7-13-20)24-18-22(28-30-24)16-19-10-4-1-5-11-19/h1-15,18,23-24,28H,16-17H2,(H2,26,27,29). The molecule has 0 saturated carbocycles. The van der Waals surface area contributed by atoms with E-state index in [1.54, 1.807) is 0 Å². The maximum Gasteiger partial charge on any atom is 0.319 e. The van der Waals surface area contributed by atoms with Gasteiger partial charge < -0.3 is 10.6 Å². The third-order valence-electron chi connectivity index (χ3n) is 4.97. The first-order valence-corrected chi connectivity index (χ1v) is 10.1. The number of para-hydroxylation sites is 1. The summed E-state index contributed by atoms with van der Waals surface area (Å²) in [7, 11) is 0. The molecule has 0 saturated heterocycles. The molecular weight excluding hydrogens is 374 g/mol. The average Bonchev–Trinajstić information content (AvgIpc) is 3.24. The van der Waals surface area contributed by atoms with E-state index in [4.69, 9.17) is 4.84 Å². The molecule has 30 heavy (non-hydrogen) atoms. The molecule has 4 rings (SSSR count). The highest BCUT2D eigenvalue weighted by Gasteiger charge is 2.28. The van der Waals surface area contributed by atoms with Gasteiger partial charge in [0.15, 0.2) is 0 Å². The highest BCUT2D eigenvalue weighted by Crippen LogP contribution is 2.18. The van der Waals surface area contributed by atoms with E-state index in [9.17, 15) is 4.79 Å². The van der Waals surface area contributed by atoms with Gasteiger partial charge in [0.2, 0.25) is 0 Å². The van der Waals surface area contributed by atoms with Crippen LogP contribution in [0.15, 0.2) is 103 Å². The summed E-state index contributed by atoms with van der Waals surface area (Å²) in [5.41, 5.74) is 7.12. The van der Waals surface area contributed by atoms with Crippen LogP contribution in [0, 0.1) is 0 Å². The Kier molecular flexibility index (Phi) is 6.42. The van der Waals surface area contributed by atoms with Gasteiger partial charge in [-0.2, -0.15) is 0 Å². The topological polar surface area (TPSA) is 62.4 Å². The third-order valence-corrected chi connectivity index (χ3v) is 4.97. The molecule has 2 amide bonds. The first kappa shape index (κ1) is 19.7. The van der Waals surface area contributed by atoms with E-state index in [-0.39, 0.29) is 18.2 Å². The third kappa shape index (κ3) is 5.49. The molecule has 0 aliphatic carbocycles. The normalized spacial score (nSPS) is 16.3. The van der Waals surface area contributed by atoms with Crippen LogP contribution >= 0.6 is 0 Å². The van der Waals surface area contributed by atoms with E-state index in [2.05, 4.69) is 46.5 Å². The summed E-state index contributed by atoms with van der Waals surface area (Å²) in [6.45, 7) is 0. The lowest BCUT2D eigenvalue weighted by molar-refractivity contribution is 0.0229. The summed E-state index contributed by atoms with van der Waals surface area (Å²) in [4.78, 5) is 18.5. The minimum Gasteiger partial charge on any atom is -0.332 e. The largest absolute Gasteiger partial charge is 0.332 e. The maximum absolute atomic E-state index is 12.6. The summed E-state index contributed by atoms with van der Waals surface area (Å²) in [6, 6.07) is 29.3. The molecule has 152 valence electrons. The lowest BCUT2D eigenvalue weighted by Gasteiger charge is -2.23. The first-order chi connectivity index (χ1) is 14.8. The molecule has 3 N–H and O–H groups in total. The molecule has 3 aromatic rings. The fourth-order valence-electron chi connectivity index (χ4n) is 3.49. The quantitative estimate of drug-likeness (QED) is 0.550. The van der Waals surface area contributed by atoms with Gasteiger partial charge in [-0.3, -0.25) is 10.3 Å².